The number of hydrogen-bond donors (Lipinski definition) is 1. The molecule has 0 amide bonds. The van der Waals surface area contributed by atoms with Gasteiger partial charge in [0.05, 0.1) is 28.5 Å². The zero-order valence-corrected chi connectivity index (χ0v) is 17.4. The third-order valence-corrected chi connectivity index (χ3v) is 4.70. The molecule has 1 aromatic rings. The van der Waals surface area contributed by atoms with Gasteiger partial charge in [0.25, 0.3) is 0 Å². The van der Waals surface area contributed by atoms with E-state index in [0.29, 0.717) is 10.7 Å². The molecule has 0 fully saturated rings. The molecule has 1 unspecified atom stereocenters. The van der Waals surface area contributed by atoms with Gasteiger partial charge in [0.1, 0.15) is 5.82 Å². The normalized spacial score (nSPS) is 14.6. The van der Waals surface area contributed by atoms with Crippen LogP contribution >= 0.6 is 23.2 Å². The first-order valence-electron chi connectivity index (χ1n) is 8.64. The van der Waals surface area contributed by atoms with Crippen molar-refractivity contribution in [3.05, 3.63) is 82.3 Å². The maximum absolute atomic E-state index is 13.8. The van der Waals surface area contributed by atoms with E-state index in [1.165, 1.54) is 6.07 Å². The molecule has 0 aliphatic heterocycles. The van der Waals surface area contributed by atoms with Crippen molar-refractivity contribution in [2.75, 3.05) is 13.7 Å². The molecule has 146 valence electrons. The highest BCUT2D eigenvalue weighted by Crippen LogP contribution is 2.27. The lowest BCUT2D eigenvalue weighted by Gasteiger charge is -2.26. The summed E-state index contributed by atoms with van der Waals surface area (Å²) in [6.07, 6.45) is 9.82. The lowest BCUT2D eigenvalue weighted by molar-refractivity contribution is 0.327. The van der Waals surface area contributed by atoms with Gasteiger partial charge in [-0.15, -0.1) is 0 Å². The Morgan fingerprint density at radius 1 is 1.44 bits per heavy atom. The number of allylic oxidation sites excluding steroid dienone is 6. The van der Waals surface area contributed by atoms with Crippen LogP contribution in [0.5, 0.6) is 0 Å². The summed E-state index contributed by atoms with van der Waals surface area (Å²) < 4.78 is 13.8. The van der Waals surface area contributed by atoms with E-state index in [0.717, 1.165) is 17.6 Å². The Hall–Kier alpha value is -1.88. The van der Waals surface area contributed by atoms with Crippen LogP contribution in [0.15, 0.2) is 70.9 Å². The molecule has 0 heterocycles. The van der Waals surface area contributed by atoms with Crippen molar-refractivity contribution in [1.29, 1.82) is 0 Å². The van der Waals surface area contributed by atoms with Gasteiger partial charge in [0.2, 0.25) is 0 Å². The second kappa shape index (κ2) is 11.8. The molecule has 2 N–H and O–H groups in total. The average Bonchev–Trinajstić information content (AvgIpc) is 2.66. The Bertz CT molecular complexity index is 767. The van der Waals surface area contributed by atoms with Crippen molar-refractivity contribution < 1.29 is 4.39 Å². The van der Waals surface area contributed by atoms with Gasteiger partial charge in [-0.05, 0) is 43.3 Å². The highest BCUT2D eigenvalue weighted by molar-refractivity contribution is 6.46. The van der Waals surface area contributed by atoms with E-state index in [-0.39, 0.29) is 17.7 Å². The van der Waals surface area contributed by atoms with Gasteiger partial charge in [-0.3, -0.25) is 4.99 Å². The van der Waals surface area contributed by atoms with E-state index in [9.17, 15) is 4.39 Å². The number of hydrogen-bond acceptors (Lipinski definition) is 3. The van der Waals surface area contributed by atoms with Gasteiger partial charge in [-0.2, -0.15) is 0 Å². The van der Waals surface area contributed by atoms with Crippen LogP contribution in [0.2, 0.25) is 5.02 Å². The van der Waals surface area contributed by atoms with Crippen molar-refractivity contribution in [3.63, 3.8) is 0 Å². The number of nitrogens with zero attached hydrogens (tertiary/aromatic N) is 2. The van der Waals surface area contributed by atoms with E-state index in [1.807, 2.05) is 50.2 Å². The standard InChI is InChI=1S/C21H26Cl2FN3/c1-5-8-15(21(26-14-25)17(22)6-2)11-12-27(4)20(7-3)16-9-10-18(23)19(24)13-16/h5-6,8-13,20H,1,7,14,25H2,2-4H3/b12-11-,15-8+,17-6+,26-21-. The van der Waals surface area contributed by atoms with Crippen molar-refractivity contribution >= 4 is 28.9 Å². The molecule has 27 heavy (non-hydrogen) atoms. The van der Waals surface area contributed by atoms with E-state index in [2.05, 4.69) is 11.6 Å². The molecule has 0 spiro atoms. The van der Waals surface area contributed by atoms with Gasteiger partial charge in [0.15, 0.2) is 0 Å². The minimum atomic E-state index is -0.422. The molecule has 0 aliphatic rings. The summed E-state index contributed by atoms with van der Waals surface area (Å²) in [6, 6.07) is 4.87. The van der Waals surface area contributed by atoms with Crippen LogP contribution in [0.4, 0.5) is 4.39 Å². The van der Waals surface area contributed by atoms with Crippen molar-refractivity contribution in [2.45, 2.75) is 26.3 Å². The minimum Gasteiger partial charge on any atom is -0.373 e. The summed E-state index contributed by atoms with van der Waals surface area (Å²) in [5.41, 5.74) is 7.80. The summed E-state index contributed by atoms with van der Waals surface area (Å²) in [5, 5.41) is 0.624. The fourth-order valence-corrected chi connectivity index (χ4v) is 2.94. The summed E-state index contributed by atoms with van der Waals surface area (Å²) in [7, 11) is 1.93. The molecule has 0 bridgehead atoms. The quantitative estimate of drug-likeness (QED) is 0.402. The lowest BCUT2D eigenvalue weighted by atomic mass is 10.0. The monoisotopic (exact) mass is 409 g/mol. The van der Waals surface area contributed by atoms with Crippen LogP contribution in [-0.4, -0.2) is 24.3 Å². The molecule has 0 aromatic heterocycles. The molecular formula is C21H26Cl2FN3. The molecule has 0 radical (unpaired) electrons. The van der Waals surface area contributed by atoms with Crippen LogP contribution in [0.25, 0.3) is 0 Å². The number of benzene rings is 1. The molecule has 1 rings (SSSR count). The maximum Gasteiger partial charge on any atom is 0.142 e. The van der Waals surface area contributed by atoms with Crippen LogP contribution in [0, 0.1) is 5.82 Å². The number of halogens is 3. The van der Waals surface area contributed by atoms with Crippen LogP contribution < -0.4 is 5.73 Å². The zero-order valence-electron chi connectivity index (χ0n) is 15.9. The van der Waals surface area contributed by atoms with E-state index < -0.39 is 5.82 Å². The Kier molecular flexibility index (Phi) is 10.1. The number of nitrogens with two attached hydrogens (primary N) is 1. The summed E-state index contributed by atoms with van der Waals surface area (Å²) >= 11 is 12.1. The van der Waals surface area contributed by atoms with Crippen LogP contribution in [0.3, 0.4) is 0 Å². The van der Waals surface area contributed by atoms with Crippen molar-refractivity contribution in [3.8, 4) is 0 Å². The molecule has 1 atom stereocenters. The lowest BCUT2D eigenvalue weighted by Crippen LogP contribution is -2.19. The summed E-state index contributed by atoms with van der Waals surface area (Å²) in [6.45, 7) is 7.74. The van der Waals surface area contributed by atoms with Crippen molar-refractivity contribution in [1.82, 2.24) is 4.90 Å². The Labute approximate surface area is 171 Å². The molecule has 6 heteroatoms. The highest BCUT2D eigenvalue weighted by atomic mass is 35.5. The number of aliphatic imine (C=N–C) groups is 1. The first kappa shape index (κ1) is 23.2. The minimum absolute atomic E-state index is 0.00918. The molecule has 0 saturated carbocycles. The Balaban J connectivity index is 3.17. The third-order valence-electron chi connectivity index (χ3n) is 4.00. The van der Waals surface area contributed by atoms with Crippen molar-refractivity contribution in [2.24, 2.45) is 10.7 Å². The smallest absolute Gasteiger partial charge is 0.142 e. The molecule has 1 aromatic carbocycles. The second-order valence-corrected chi connectivity index (χ2v) is 6.58. The third kappa shape index (κ3) is 6.65. The van der Waals surface area contributed by atoms with Gasteiger partial charge in [0, 0.05) is 12.6 Å². The molecular weight excluding hydrogens is 384 g/mol. The molecule has 0 saturated heterocycles. The predicted octanol–water partition coefficient (Wildman–Crippen LogP) is 5.99. The first-order valence-corrected chi connectivity index (χ1v) is 9.39. The van der Waals surface area contributed by atoms with Crippen LogP contribution in [-0.2, 0) is 0 Å². The summed E-state index contributed by atoms with van der Waals surface area (Å²) in [5.74, 6) is -0.422. The topological polar surface area (TPSA) is 41.6 Å². The first-order chi connectivity index (χ1) is 12.9. The number of rotatable bonds is 9. The Morgan fingerprint density at radius 3 is 2.67 bits per heavy atom. The van der Waals surface area contributed by atoms with Gasteiger partial charge in [-0.25, -0.2) is 4.39 Å². The van der Waals surface area contributed by atoms with E-state index in [4.69, 9.17) is 28.9 Å². The van der Waals surface area contributed by atoms with Gasteiger partial charge >= 0.3 is 0 Å². The maximum atomic E-state index is 13.8. The SMILES string of the molecule is C=C/C=C(\C=C/N(C)C(CC)c1ccc(Cl)c(F)c1)C(=N/CN)/C(Cl)=C\C. The fraction of sp³-hybridized carbons (Fsp3) is 0.286. The largest absolute Gasteiger partial charge is 0.373 e. The predicted molar refractivity (Wildman–Crippen MR) is 116 cm³/mol. The van der Waals surface area contributed by atoms with Crippen LogP contribution in [0.1, 0.15) is 31.9 Å². The highest BCUT2D eigenvalue weighted by Gasteiger charge is 2.15. The zero-order chi connectivity index (χ0) is 20.4. The van der Waals surface area contributed by atoms with Gasteiger partial charge in [-0.1, -0.05) is 61.0 Å². The van der Waals surface area contributed by atoms with E-state index >= 15 is 0 Å². The average molecular weight is 410 g/mol. The second-order valence-electron chi connectivity index (χ2n) is 5.76. The van der Waals surface area contributed by atoms with E-state index in [1.54, 1.807) is 18.2 Å². The molecule has 0 aliphatic carbocycles. The van der Waals surface area contributed by atoms with Gasteiger partial charge < -0.3 is 10.6 Å². The Morgan fingerprint density at radius 2 is 2.15 bits per heavy atom. The fourth-order valence-electron chi connectivity index (χ4n) is 2.65. The summed E-state index contributed by atoms with van der Waals surface area (Å²) in [4.78, 5) is 6.28. The molecule has 3 nitrogen and oxygen atoms in total.